The van der Waals surface area contributed by atoms with Crippen LogP contribution in [0.1, 0.15) is 30.5 Å². The molecule has 0 saturated carbocycles. The second kappa shape index (κ2) is 10.9. The molecule has 2 aromatic carbocycles. The summed E-state index contributed by atoms with van der Waals surface area (Å²) in [6, 6.07) is 8.83. The Morgan fingerprint density at radius 1 is 0.971 bits per heavy atom. The van der Waals surface area contributed by atoms with E-state index in [0.29, 0.717) is 25.1 Å². The van der Waals surface area contributed by atoms with Crippen LogP contribution in [0, 0.1) is 0 Å². The summed E-state index contributed by atoms with van der Waals surface area (Å²) < 4.78 is 79.2. The molecule has 3 rings (SSSR count). The molecule has 0 spiro atoms. The smallest absolute Gasteiger partial charge is 0.361 e. The first kappa shape index (κ1) is 26.8. The van der Waals surface area contributed by atoms with Crippen LogP contribution in [-0.4, -0.2) is 40.7 Å². The number of fused-ring (bicyclic) bond motifs is 1. The van der Waals surface area contributed by atoms with Crippen LogP contribution >= 0.6 is 12.2 Å². The van der Waals surface area contributed by atoms with E-state index in [1.807, 2.05) is 44.3 Å². The molecule has 1 heterocycles. The summed E-state index contributed by atoms with van der Waals surface area (Å²) in [6.45, 7) is 6.12. The minimum atomic E-state index is -4.94. The summed E-state index contributed by atoms with van der Waals surface area (Å²) in [7, 11) is 0. The number of H-pyrrole nitrogens is 1. The quantitative estimate of drug-likeness (QED) is 0.238. The lowest BCUT2D eigenvalue weighted by atomic mass is 10.0. The summed E-state index contributed by atoms with van der Waals surface area (Å²) >= 11 is 5.29. The zero-order valence-electron chi connectivity index (χ0n) is 19.1. The van der Waals surface area contributed by atoms with Crippen molar-refractivity contribution in [2.45, 2.75) is 38.7 Å². The lowest BCUT2D eigenvalue weighted by molar-refractivity contribution is -0.143. The van der Waals surface area contributed by atoms with E-state index in [4.69, 9.17) is 12.2 Å². The Balaban J connectivity index is 1.83. The van der Waals surface area contributed by atoms with E-state index < -0.39 is 29.2 Å². The number of aromatic amines is 1. The van der Waals surface area contributed by atoms with Gasteiger partial charge in [-0.1, -0.05) is 32.0 Å². The molecule has 0 aliphatic rings. The van der Waals surface area contributed by atoms with Crippen molar-refractivity contribution in [2.75, 3.05) is 25.0 Å². The van der Waals surface area contributed by atoms with Gasteiger partial charge in [0.25, 0.3) is 0 Å². The highest BCUT2D eigenvalue weighted by molar-refractivity contribution is 7.80. The Bertz CT molecular complexity index is 1120. The summed E-state index contributed by atoms with van der Waals surface area (Å²) in [6.07, 6.45) is -7.44. The number of rotatable bonds is 8. The van der Waals surface area contributed by atoms with Crippen LogP contribution < -0.4 is 10.6 Å². The van der Waals surface area contributed by atoms with Gasteiger partial charge in [-0.15, -0.1) is 0 Å². The summed E-state index contributed by atoms with van der Waals surface area (Å²) in [5.41, 5.74) is -1.22. The molecule has 0 fully saturated rings. The van der Waals surface area contributed by atoms with Crippen molar-refractivity contribution in [3.8, 4) is 0 Å². The molecule has 0 radical (unpaired) electrons. The number of thiocarbonyl (C=S) groups is 1. The second-order valence-corrected chi connectivity index (χ2v) is 8.55. The third kappa shape index (κ3) is 7.11. The highest BCUT2D eigenvalue weighted by atomic mass is 32.1. The third-order valence-corrected chi connectivity index (χ3v) is 5.91. The van der Waals surface area contributed by atoms with E-state index in [-0.39, 0.29) is 17.2 Å². The molecule has 0 bridgehead atoms. The fraction of sp³-hybridized carbons (Fsp3) is 0.375. The molecule has 0 amide bonds. The number of nitrogens with one attached hydrogen (secondary N) is 3. The highest BCUT2D eigenvalue weighted by Gasteiger charge is 2.37. The number of benzene rings is 2. The Morgan fingerprint density at radius 2 is 1.57 bits per heavy atom. The standard InChI is InChI=1S/C24H26F6N4S/c1-3-34(4-2)14-19(9-15-13-31-21-8-6-5-7-20(15)21)33-22(35)32-18-11-16(23(25,26)27)10-17(12-18)24(28,29)30/h5-8,10-13,19,31H,3-4,9,14H2,1-2H3,(H2,32,33,35). The van der Waals surface area contributed by atoms with Gasteiger partial charge >= 0.3 is 12.4 Å². The zero-order chi connectivity index (χ0) is 25.8. The largest absolute Gasteiger partial charge is 0.416 e. The van der Waals surface area contributed by atoms with E-state index in [2.05, 4.69) is 20.5 Å². The van der Waals surface area contributed by atoms with E-state index in [9.17, 15) is 26.3 Å². The average Bonchev–Trinajstić information content (AvgIpc) is 3.18. The average molecular weight is 517 g/mol. The number of anilines is 1. The maximum atomic E-state index is 13.2. The molecule has 0 aliphatic carbocycles. The third-order valence-electron chi connectivity index (χ3n) is 5.69. The SMILES string of the molecule is CCN(CC)CC(Cc1c[nH]c2ccccc12)NC(=S)Nc1cc(C(F)(F)F)cc(C(F)(F)F)c1. The lowest BCUT2D eigenvalue weighted by Gasteiger charge is -2.27. The molecule has 3 N–H and O–H groups in total. The molecule has 11 heteroatoms. The number of hydrogen-bond acceptors (Lipinski definition) is 2. The predicted octanol–water partition coefficient (Wildman–Crippen LogP) is 6.45. The predicted molar refractivity (Wildman–Crippen MR) is 129 cm³/mol. The summed E-state index contributed by atoms with van der Waals surface area (Å²) in [5.74, 6) is 0. The highest BCUT2D eigenvalue weighted by Crippen LogP contribution is 2.37. The molecule has 0 aliphatic heterocycles. The van der Waals surface area contributed by atoms with Crippen molar-refractivity contribution in [1.82, 2.24) is 15.2 Å². The minimum absolute atomic E-state index is 0.0607. The van der Waals surface area contributed by atoms with Crippen LogP contribution in [0.3, 0.4) is 0 Å². The first-order chi connectivity index (χ1) is 16.4. The number of hydrogen-bond donors (Lipinski definition) is 3. The van der Waals surface area contributed by atoms with Crippen molar-refractivity contribution >= 4 is 33.9 Å². The number of para-hydroxylation sites is 1. The van der Waals surface area contributed by atoms with Gasteiger partial charge in [-0.3, -0.25) is 0 Å². The Kier molecular flexibility index (Phi) is 8.32. The molecule has 35 heavy (non-hydrogen) atoms. The van der Waals surface area contributed by atoms with Gasteiger partial charge in [-0.25, -0.2) is 0 Å². The first-order valence-corrected chi connectivity index (χ1v) is 11.5. The number of alkyl halides is 6. The Labute approximate surface area is 204 Å². The van der Waals surface area contributed by atoms with Crippen molar-refractivity contribution in [1.29, 1.82) is 0 Å². The van der Waals surface area contributed by atoms with Gasteiger partial charge in [0.2, 0.25) is 0 Å². The van der Waals surface area contributed by atoms with E-state index >= 15 is 0 Å². The Hall–Kier alpha value is -2.79. The summed E-state index contributed by atoms with van der Waals surface area (Å²) in [5, 5.41) is 6.58. The van der Waals surface area contributed by atoms with Gasteiger partial charge in [0.1, 0.15) is 0 Å². The van der Waals surface area contributed by atoms with E-state index in [0.717, 1.165) is 29.6 Å². The van der Waals surface area contributed by atoms with Gasteiger partial charge in [-0.2, -0.15) is 26.3 Å². The molecule has 0 saturated heterocycles. The van der Waals surface area contributed by atoms with Crippen molar-refractivity contribution in [2.24, 2.45) is 0 Å². The molecule has 1 unspecified atom stereocenters. The second-order valence-electron chi connectivity index (χ2n) is 8.14. The number of halogens is 6. The minimum Gasteiger partial charge on any atom is -0.361 e. The van der Waals surface area contributed by atoms with E-state index in [1.54, 1.807) is 0 Å². The maximum absolute atomic E-state index is 13.2. The van der Waals surface area contributed by atoms with Gasteiger partial charge in [0.05, 0.1) is 11.1 Å². The van der Waals surface area contributed by atoms with Crippen LogP contribution in [0.15, 0.2) is 48.7 Å². The number of nitrogens with zero attached hydrogens (tertiary/aromatic N) is 1. The molecule has 4 nitrogen and oxygen atoms in total. The fourth-order valence-corrected chi connectivity index (χ4v) is 4.18. The Morgan fingerprint density at radius 3 is 2.14 bits per heavy atom. The topological polar surface area (TPSA) is 43.1 Å². The molecule has 1 aromatic heterocycles. The van der Waals surface area contributed by atoms with Crippen LogP contribution in [0.25, 0.3) is 10.9 Å². The lowest BCUT2D eigenvalue weighted by Crippen LogP contribution is -2.46. The number of likely N-dealkylation sites (N-methyl/N-ethyl adjacent to an activating group) is 1. The first-order valence-electron chi connectivity index (χ1n) is 11.0. The van der Waals surface area contributed by atoms with E-state index in [1.165, 1.54) is 0 Å². The molecule has 3 aromatic rings. The van der Waals surface area contributed by atoms with Crippen LogP contribution in [0.2, 0.25) is 0 Å². The van der Waals surface area contributed by atoms with Crippen LogP contribution in [0.4, 0.5) is 32.0 Å². The van der Waals surface area contributed by atoms with Gasteiger partial charge in [-0.05, 0) is 61.6 Å². The zero-order valence-corrected chi connectivity index (χ0v) is 20.0. The van der Waals surface area contributed by atoms with Gasteiger partial charge < -0.3 is 20.5 Å². The summed E-state index contributed by atoms with van der Waals surface area (Å²) in [4.78, 5) is 5.36. The molecular formula is C24H26F6N4S. The normalized spacial score (nSPS) is 13.3. The van der Waals surface area contributed by atoms with Crippen molar-refractivity contribution in [3.63, 3.8) is 0 Å². The monoisotopic (exact) mass is 516 g/mol. The van der Waals surface area contributed by atoms with Crippen molar-refractivity contribution < 1.29 is 26.3 Å². The van der Waals surface area contributed by atoms with Crippen LogP contribution in [0.5, 0.6) is 0 Å². The van der Waals surface area contributed by atoms with Crippen LogP contribution in [-0.2, 0) is 18.8 Å². The van der Waals surface area contributed by atoms with Gasteiger partial charge in [0, 0.05) is 35.4 Å². The maximum Gasteiger partial charge on any atom is 0.416 e. The fourth-order valence-electron chi connectivity index (χ4n) is 3.90. The number of aromatic nitrogens is 1. The molecule has 1 atom stereocenters. The van der Waals surface area contributed by atoms with Crippen molar-refractivity contribution in [3.05, 3.63) is 65.4 Å². The molecule has 190 valence electrons. The van der Waals surface area contributed by atoms with Gasteiger partial charge in [0.15, 0.2) is 5.11 Å². The molecular weight excluding hydrogens is 490 g/mol.